The predicted molar refractivity (Wildman–Crippen MR) is 52.6 cm³/mol. The third-order valence-electron chi connectivity index (χ3n) is 1.26. The molecule has 0 saturated heterocycles. The van der Waals surface area contributed by atoms with Gasteiger partial charge in [-0.05, 0) is 19.4 Å². The molecule has 0 atom stereocenters. The van der Waals surface area contributed by atoms with Gasteiger partial charge in [0.25, 0.3) is 0 Å². The van der Waals surface area contributed by atoms with Gasteiger partial charge in [-0.3, -0.25) is 4.79 Å². The third-order valence-corrected chi connectivity index (χ3v) is 1.26. The monoisotopic (exact) mass is 227 g/mol. The molecule has 0 unspecified atom stereocenters. The second-order valence-corrected chi connectivity index (χ2v) is 2.23. The van der Waals surface area contributed by atoms with Crippen LogP contribution in [-0.4, -0.2) is 24.0 Å². The van der Waals surface area contributed by atoms with E-state index in [0.29, 0.717) is 13.0 Å². The van der Waals surface area contributed by atoms with Crippen LogP contribution in [0.25, 0.3) is 0 Å². The predicted octanol–water partition coefficient (Wildman–Crippen LogP) is -1.81. The van der Waals surface area contributed by atoms with Crippen molar-refractivity contribution in [3.8, 4) is 0 Å². The molecule has 0 aromatic heterocycles. The Bertz CT molecular complexity index is 131. The number of carbonyl (C=O) groups excluding carboxylic acids is 1. The molecule has 0 heterocycles. The molecule has 0 aromatic carbocycles. The second-order valence-electron chi connectivity index (χ2n) is 2.23. The average molecular weight is 227 g/mol. The van der Waals surface area contributed by atoms with Crippen molar-refractivity contribution in [3.63, 3.8) is 0 Å². The molecule has 0 aliphatic heterocycles. The molecule has 0 fully saturated rings. The van der Waals surface area contributed by atoms with E-state index in [2.05, 4.69) is 5.32 Å². The Labute approximate surface area is 129 Å². The number of unbranched alkanes of at least 4 members (excludes halogenated alkanes) is 2. The minimum Gasteiger partial charge on any atom is -0.530 e. The Morgan fingerprint density at radius 3 is 2.21 bits per heavy atom. The molecule has 0 aliphatic carbocycles. The molecular formula is C9H18KNO3-2. The summed E-state index contributed by atoms with van der Waals surface area (Å²) >= 11 is 0. The van der Waals surface area contributed by atoms with Crippen molar-refractivity contribution in [2.75, 3.05) is 6.54 Å². The zero-order chi connectivity index (χ0) is 8.53. The van der Waals surface area contributed by atoms with Crippen LogP contribution in [0.1, 0.15) is 25.7 Å². The maximum Gasteiger partial charge on any atom is 1.00 e. The summed E-state index contributed by atoms with van der Waals surface area (Å²) in [6.45, 7) is 0.586. The molecular weight excluding hydrogens is 209 g/mol. The topological polar surface area (TPSA) is 66.4 Å². The van der Waals surface area contributed by atoms with Crippen LogP contribution in [0.5, 0.6) is 0 Å². The van der Waals surface area contributed by atoms with E-state index in [9.17, 15) is 9.59 Å². The van der Waals surface area contributed by atoms with E-state index in [1.54, 1.807) is 6.41 Å². The van der Waals surface area contributed by atoms with Gasteiger partial charge in [0.1, 0.15) is 0 Å². The van der Waals surface area contributed by atoms with Crippen molar-refractivity contribution in [2.45, 2.75) is 25.7 Å². The summed E-state index contributed by atoms with van der Waals surface area (Å²) in [7, 11) is 0. The molecule has 0 aliphatic rings. The van der Waals surface area contributed by atoms with E-state index in [4.69, 9.17) is 5.11 Å². The maximum atomic E-state index is 10.0. The number of hydrogen-bond donors (Lipinski definition) is 2. The van der Waals surface area contributed by atoms with Gasteiger partial charge in [0.05, 0.1) is 0 Å². The number of hydrogen-bond acceptors (Lipinski definition) is 2. The first-order valence-corrected chi connectivity index (χ1v) is 3.59. The first kappa shape index (κ1) is 24.0. The summed E-state index contributed by atoms with van der Waals surface area (Å²) in [4.78, 5) is 19.6. The number of aliphatic carboxylic acids is 1. The Morgan fingerprint density at radius 2 is 1.79 bits per heavy atom. The molecule has 0 saturated carbocycles. The van der Waals surface area contributed by atoms with Crippen LogP contribution < -0.4 is 56.7 Å². The molecule has 5 heteroatoms. The normalized spacial score (nSPS) is 7.14. The van der Waals surface area contributed by atoms with Gasteiger partial charge in [-0.25, -0.2) is 0 Å². The van der Waals surface area contributed by atoms with Gasteiger partial charge in [0.15, 0.2) is 0 Å². The maximum absolute atomic E-state index is 10.0. The fourth-order valence-corrected chi connectivity index (χ4v) is 0.717. The van der Waals surface area contributed by atoms with Crippen LogP contribution in [-0.2, 0) is 9.59 Å². The van der Waals surface area contributed by atoms with Crippen molar-refractivity contribution >= 4 is 12.4 Å². The zero-order valence-electron chi connectivity index (χ0n) is 9.30. The minimum atomic E-state index is -0.764. The van der Waals surface area contributed by atoms with E-state index in [1.807, 2.05) is 0 Å². The van der Waals surface area contributed by atoms with Crippen LogP contribution >= 0.6 is 0 Å². The van der Waals surface area contributed by atoms with Crippen LogP contribution in [0.3, 0.4) is 0 Å². The van der Waals surface area contributed by atoms with Gasteiger partial charge in [0, 0.05) is 6.42 Å². The molecule has 2 N–H and O–H groups in total. The van der Waals surface area contributed by atoms with Gasteiger partial charge in [-0.2, -0.15) is 6.41 Å². The van der Waals surface area contributed by atoms with Crippen LogP contribution in [0.15, 0.2) is 0 Å². The molecule has 80 valence electrons. The fourth-order valence-electron chi connectivity index (χ4n) is 0.717. The zero-order valence-corrected chi connectivity index (χ0v) is 12.4. The van der Waals surface area contributed by atoms with Crippen molar-refractivity contribution < 1.29 is 66.1 Å². The summed E-state index contributed by atoms with van der Waals surface area (Å²) in [5, 5.41) is 10.6. The smallest absolute Gasteiger partial charge is 0.530 e. The molecule has 14 heavy (non-hydrogen) atoms. The molecule has 0 spiro atoms. The molecule has 0 radical (unpaired) electrons. The first-order valence-electron chi connectivity index (χ1n) is 3.59. The Hall–Kier alpha value is 0.576. The second kappa shape index (κ2) is 19.2. The minimum absolute atomic E-state index is 0. The number of carboxylic acids is 1. The SMILES string of the molecule is O=[C-]NCCCCCC(=O)O.[CH3-].[CH3-].[K+]. The summed E-state index contributed by atoms with van der Waals surface area (Å²) in [6.07, 6.45) is 4.10. The largest absolute Gasteiger partial charge is 1.00 e. The van der Waals surface area contributed by atoms with Gasteiger partial charge in [0.2, 0.25) is 0 Å². The van der Waals surface area contributed by atoms with Gasteiger partial charge >= 0.3 is 57.4 Å². The molecule has 1 amide bonds. The molecule has 0 bridgehead atoms. The van der Waals surface area contributed by atoms with Crippen LogP contribution in [0.4, 0.5) is 0 Å². The summed E-state index contributed by atoms with van der Waals surface area (Å²) < 4.78 is 0. The van der Waals surface area contributed by atoms with Crippen molar-refractivity contribution in [1.82, 2.24) is 5.32 Å². The van der Waals surface area contributed by atoms with E-state index in [0.717, 1.165) is 12.8 Å². The van der Waals surface area contributed by atoms with E-state index >= 15 is 0 Å². The van der Waals surface area contributed by atoms with E-state index in [1.165, 1.54) is 0 Å². The molecule has 0 rings (SSSR count). The van der Waals surface area contributed by atoms with Gasteiger partial charge < -0.3 is 30.1 Å². The van der Waals surface area contributed by atoms with Crippen molar-refractivity contribution in [2.24, 2.45) is 0 Å². The quantitative estimate of drug-likeness (QED) is 0.233. The van der Waals surface area contributed by atoms with Crippen LogP contribution in [0, 0.1) is 14.9 Å². The van der Waals surface area contributed by atoms with Gasteiger partial charge in [-0.15, -0.1) is 0 Å². The molecule has 4 nitrogen and oxygen atoms in total. The van der Waals surface area contributed by atoms with Crippen molar-refractivity contribution in [3.05, 3.63) is 14.9 Å². The van der Waals surface area contributed by atoms with E-state index in [-0.39, 0.29) is 72.7 Å². The third kappa shape index (κ3) is 22.9. The molecule has 0 aromatic rings. The van der Waals surface area contributed by atoms with Crippen LogP contribution in [0.2, 0.25) is 0 Å². The Morgan fingerprint density at radius 1 is 1.21 bits per heavy atom. The Kier molecular flexibility index (Phi) is 32.9. The number of rotatable bonds is 7. The first-order chi connectivity index (χ1) is 5.27. The van der Waals surface area contributed by atoms with Crippen molar-refractivity contribution in [1.29, 1.82) is 0 Å². The number of carboxylic acid groups (broad SMARTS) is 1. The summed E-state index contributed by atoms with van der Waals surface area (Å²) in [6, 6.07) is 0. The van der Waals surface area contributed by atoms with Gasteiger partial charge in [-0.1, -0.05) is 6.42 Å². The summed E-state index contributed by atoms with van der Waals surface area (Å²) in [5.41, 5.74) is 0. The number of nitrogens with one attached hydrogen (secondary N) is 1. The summed E-state index contributed by atoms with van der Waals surface area (Å²) in [5.74, 6) is -0.764. The number of amides is 1. The fraction of sp³-hybridized carbons (Fsp3) is 0.556. The average Bonchev–Trinajstić information content (AvgIpc) is 1.96. The Balaban J connectivity index is -0.000000167. The standard InChI is InChI=1S/C7H12NO3.2CH3.K/c9-6-8-5-3-1-2-4-7(10)11;;;/h1-5H2,(H,8,9)(H,10,11);2*1H3;/q3*-1;+1. The number of carbonyl (C=O) groups is 1. The van der Waals surface area contributed by atoms with E-state index < -0.39 is 5.97 Å².